The summed E-state index contributed by atoms with van der Waals surface area (Å²) in [7, 11) is 1.63. The largest absolute Gasteiger partial charge is 0.496 e. The third-order valence-electron chi connectivity index (χ3n) is 5.86. The lowest BCUT2D eigenvalue weighted by Crippen LogP contribution is -2.48. The number of fused-ring (bicyclic) bond motifs is 1. The summed E-state index contributed by atoms with van der Waals surface area (Å²) >= 11 is 1.29. The molecule has 2 aromatic carbocycles. The Morgan fingerprint density at radius 2 is 2.06 bits per heavy atom. The van der Waals surface area contributed by atoms with E-state index in [4.69, 9.17) is 4.74 Å². The zero-order valence-electron chi connectivity index (χ0n) is 19.6. The van der Waals surface area contributed by atoms with Crippen LogP contribution in [0.25, 0.3) is 0 Å². The first-order valence-electron chi connectivity index (χ1n) is 10.8. The smallest absolute Gasteiger partial charge is 0.269 e. The molecule has 0 bridgehead atoms. The Balaban J connectivity index is 1.67. The quantitative estimate of drug-likeness (QED) is 0.254. The van der Waals surface area contributed by atoms with Gasteiger partial charge in [-0.25, -0.2) is 5.43 Å². The van der Waals surface area contributed by atoms with Crippen LogP contribution in [0.4, 0.5) is 11.4 Å². The summed E-state index contributed by atoms with van der Waals surface area (Å²) in [6.07, 6.45) is 2.66. The molecule has 0 fully saturated rings. The van der Waals surface area contributed by atoms with E-state index >= 15 is 0 Å². The summed E-state index contributed by atoms with van der Waals surface area (Å²) in [6.45, 7) is 9.83. The van der Waals surface area contributed by atoms with Crippen LogP contribution < -0.4 is 15.1 Å². The third kappa shape index (κ3) is 5.65. The molecule has 1 aliphatic rings. The number of non-ortho nitro benzene ring substituents is 1. The fraction of sp³-hybridized carbons (Fsp3) is 0.417. The minimum absolute atomic E-state index is 0.0207. The molecule has 176 valence electrons. The maximum atomic E-state index is 12.2. The summed E-state index contributed by atoms with van der Waals surface area (Å²) in [5.41, 5.74) is 5.86. The van der Waals surface area contributed by atoms with Crippen molar-refractivity contribution < 1.29 is 14.5 Å². The molecule has 1 amide bonds. The monoisotopic (exact) mass is 470 g/mol. The average molecular weight is 471 g/mol. The van der Waals surface area contributed by atoms with Gasteiger partial charge in [0.25, 0.3) is 5.69 Å². The number of carbonyl (C=O) groups excluding carboxylic acids is 1. The number of anilines is 1. The minimum Gasteiger partial charge on any atom is -0.496 e. The van der Waals surface area contributed by atoms with E-state index in [2.05, 4.69) is 55.3 Å². The van der Waals surface area contributed by atoms with E-state index in [9.17, 15) is 14.9 Å². The van der Waals surface area contributed by atoms with Crippen molar-refractivity contribution in [2.45, 2.75) is 50.5 Å². The second-order valence-electron chi connectivity index (χ2n) is 8.65. The summed E-state index contributed by atoms with van der Waals surface area (Å²) in [5, 5.41) is 14.8. The Bertz CT molecular complexity index is 1050. The van der Waals surface area contributed by atoms with E-state index < -0.39 is 4.92 Å². The molecule has 2 aromatic rings. The van der Waals surface area contributed by atoms with Crippen LogP contribution in [0.2, 0.25) is 0 Å². The molecular formula is C24H30N4O4S. The number of hydrazone groups is 1. The standard InChI is InChI=1S/C24H30N4O4S/c1-6-27-21-12-22(32-5)17(11-20(21)16(2)13-24(27,3)4)14-25-26-23(29)15-33-19-9-7-18(8-10-19)28(30)31/h7-12,14,16H,6,13,15H2,1-5H3,(H,26,29)/b25-14-. The molecule has 1 N–H and O–H groups in total. The Morgan fingerprint density at radius 3 is 2.67 bits per heavy atom. The van der Waals surface area contributed by atoms with Crippen LogP contribution in [0.5, 0.6) is 5.75 Å². The molecule has 0 aliphatic carbocycles. The molecule has 0 saturated heterocycles. The van der Waals surface area contributed by atoms with Gasteiger partial charge in [0.2, 0.25) is 5.91 Å². The van der Waals surface area contributed by atoms with Crippen LogP contribution in [-0.2, 0) is 4.79 Å². The maximum Gasteiger partial charge on any atom is 0.269 e. The second-order valence-corrected chi connectivity index (χ2v) is 9.70. The Labute approximate surface area is 198 Å². The lowest BCUT2D eigenvalue weighted by Gasteiger charge is -2.47. The zero-order valence-corrected chi connectivity index (χ0v) is 20.4. The van der Waals surface area contributed by atoms with Crippen LogP contribution >= 0.6 is 11.8 Å². The van der Waals surface area contributed by atoms with Crippen molar-refractivity contribution >= 4 is 35.3 Å². The van der Waals surface area contributed by atoms with Crippen molar-refractivity contribution in [3.8, 4) is 5.75 Å². The topological polar surface area (TPSA) is 97.1 Å². The molecular weight excluding hydrogens is 440 g/mol. The number of hydrogen-bond donors (Lipinski definition) is 1. The molecule has 0 radical (unpaired) electrons. The number of carbonyl (C=O) groups is 1. The van der Waals surface area contributed by atoms with Crippen molar-refractivity contribution in [2.75, 3.05) is 24.3 Å². The highest BCUT2D eigenvalue weighted by molar-refractivity contribution is 8.00. The molecule has 33 heavy (non-hydrogen) atoms. The lowest BCUT2D eigenvalue weighted by molar-refractivity contribution is -0.384. The summed E-state index contributed by atoms with van der Waals surface area (Å²) < 4.78 is 5.61. The first-order chi connectivity index (χ1) is 15.7. The van der Waals surface area contributed by atoms with Crippen LogP contribution in [0.1, 0.15) is 51.2 Å². The highest BCUT2D eigenvalue weighted by Gasteiger charge is 2.36. The van der Waals surface area contributed by atoms with Crippen LogP contribution in [0.15, 0.2) is 46.4 Å². The molecule has 1 aliphatic heterocycles. The van der Waals surface area contributed by atoms with E-state index in [0.29, 0.717) is 11.7 Å². The summed E-state index contributed by atoms with van der Waals surface area (Å²) in [6, 6.07) is 10.2. The van der Waals surface area contributed by atoms with Crippen molar-refractivity contribution in [1.29, 1.82) is 0 Å². The van der Waals surface area contributed by atoms with Gasteiger partial charge in [-0.3, -0.25) is 14.9 Å². The highest BCUT2D eigenvalue weighted by Crippen LogP contribution is 2.45. The maximum absolute atomic E-state index is 12.2. The number of nitro groups is 1. The SMILES string of the molecule is CCN1c2cc(OC)c(/C=N\NC(=O)CSc3ccc([N+](=O)[O-])cc3)cc2C(C)CC1(C)C. The van der Waals surface area contributed by atoms with Crippen molar-refractivity contribution in [1.82, 2.24) is 5.43 Å². The van der Waals surface area contributed by atoms with E-state index in [0.717, 1.165) is 23.4 Å². The predicted molar refractivity (Wildman–Crippen MR) is 133 cm³/mol. The van der Waals surface area contributed by atoms with Crippen molar-refractivity contribution in [3.05, 3.63) is 57.6 Å². The van der Waals surface area contributed by atoms with Crippen LogP contribution in [0.3, 0.4) is 0 Å². The predicted octanol–water partition coefficient (Wildman–Crippen LogP) is 4.96. The summed E-state index contributed by atoms with van der Waals surface area (Å²) in [5.74, 6) is 0.978. The molecule has 1 heterocycles. The first-order valence-corrected chi connectivity index (χ1v) is 11.8. The number of benzene rings is 2. The number of amides is 1. The van der Waals surface area contributed by atoms with Gasteiger partial charge in [-0.2, -0.15) is 5.10 Å². The van der Waals surface area contributed by atoms with Crippen LogP contribution in [0, 0.1) is 10.1 Å². The molecule has 0 spiro atoms. The number of methoxy groups -OCH3 is 1. The number of rotatable bonds is 8. The Hall–Kier alpha value is -3.07. The zero-order chi connectivity index (χ0) is 24.2. The number of nitro benzene ring substituents is 1. The third-order valence-corrected chi connectivity index (χ3v) is 6.88. The number of hydrogen-bond acceptors (Lipinski definition) is 7. The van der Waals surface area contributed by atoms with E-state index in [1.165, 1.54) is 35.1 Å². The molecule has 8 nitrogen and oxygen atoms in total. The van der Waals surface area contributed by atoms with Gasteiger partial charge in [-0.15, -0.1) is 11.8 Å². The lowest BCUT2D eigenvalue weighted by atomic mass is 9.79. The first kappa shape index (κ1) is 24.6. The fourth-order valence-corrected chi connectivity index (χ4v) is 5.11. The number of thioether (sulfide) groups is 1. The van der Waals surface area contributed by atoms with Crippen molar-refractivity contribution in [2.24, 2.45) is 5.10 Å². The Morgan fingerprint density at radius 1 is 1.36 bits per heavy atom. The van der Waals surface area contributed by atoms with Gasteiger partial charge in [0, 0.05) is 46.4 Å². The normalized spacial score (nSPS) is 17.0. The van der Waals surface area contributed by atoms with Gasteiger partial charge in [0.15, 0.2) is 0 Å². The molecule has 3 rings (SSSR count). The second kappa shape index (κ2) is 10.2. The molecule has 1 unspecified atom stereocenters. The van der Waals surface area contributed by atoms with Crippen molar-refractivity contribution in [3.63, 3.8) is 0 Å². The van der Waals surface area contributed by atoms with Gasteiger partial charge in [0.1, 0.15) is 5.75 Å². The molecule has 0 saturated carbocycles. The van der Waals surface area contributed by atoms with E-state index in [-0.39, 0.29) is 22.9 Å². The van der Waals surface area contributed by atoms with Gasteiger partial charge in [-0.1, -0.05) is 6.92 Å². The van der Waals surface area contributed by atoms with Gasteiger partial charge >= 0.3 is 0 Å². The molecule has 1 atom stereocenters. The van der Waals surface area contributed by atoms with Gasteiger partial charge < -0.3 is 9.64 Å². The molecule has 0 aromatic heterocycles. The summed E-state index contributed by atoms with van der Waals surface area (Å²) in [4.78, 5) is 25.6. The van der Waals surface area contributed by atoms with Crippen LogP contribution in [-0.4, -0.2) is 42.0 Å². The number of nitrogens with zero attached hydrogens (tertiary/aromatic N) is 3. The molecule has 9 heteroatoms. The van der Waals surface area contributed by atoms with E-state index in [1.807, 2.05) is 0 Å². The average Bonchev–Trinajstić information content (AvgIpc) is 2.77. The van der Waals surface area contributed by atoms with Gasteiger partial charge in [0.05, 0.1) is 24.0 Å². The highest BCUT2D eigenvalue weighted by atomic mass is 32.2. The Kier molecular flexibility index (Phi) is 7.63. The van der Waals surface area contributed by atoms with E-state index in [1.54, 1.807) is 25.5 Å². The number of nitrogens with one attached hydrogen (secondary N) is 1. The van der Waals surface area contributed by atoms with Gasteiger partial charge in [-0.05, 0) is 56.9 Å². The minimum atomic E-state index is -0.452. The number of ether oxygens (including phenoxy) is 1. The fourth-order valence-electron chi connectivity index (χ4n) is 4.42.